The summed E-state index contributed by atoms with van der Waals surface area (Å²) >= 11 is 0. The molecule has 2 amide bonds. The van der Waals surface area contributed by atoms with Gasteiger partial charge in [0, 0.05) is 34.2 Å². The highest BCUT2D eigenvalue weighted by molar-refractivity contribution is 6.01. The Balaban J connectivity index is 1.33. The summed E-state index contributed by atoms with van der Waals surface area (Å²) < 4.78 is 122. The van der Waals surface area contributed by atoms with Crippen LogP contribution in [0.4, 0.5) is 40.8 Å². The zero-order chi connectivity index (χ0) is 37.4. The molecule has 0 aliphatic heterocycles. The number of benzene rings is 3. The van der Waals surface area contributed by atoms with Gasteiger partial charge in [0.25, 0.3) is 5.91 Å². The van der Waals surface area contributed by atoms with Crippen molar-refractivity contribution in [1.29, 1.82) is 0 Å². The zero-order valence-corrected chi connectivity index (χ0v) is 27.4. The van der Waals surface area contributed by atoms with Crippen LogP contribution in [0.25, 0.3) is 11.1 Å². The number of carbonyl (C=O) groups is 3. The van der Waals surface area contributed by atoms with Crippen molar-refractivity contribution < 1.29 is 59.0 Å². The first-order valence-electron chi connectivity index (χ1n) is 15.7. The maximum absolute atomic E-state index is 15.1. The molecule has 2 unspecified atom stereocenters. The first-order chi connectivity index (χ1) is 23.7. The number of halogens is 8. The van der Waals surface area contributed by atoms with E-state index >= 15 is 4.39 Å². The van der Waals surface area contributed by atoms with E-state index in [4.69, 9.17) is 9.47 Å². The van der Waals surface area contributed by atoms with Gasteiger partial charge in [0.1, 0.15) is 23.0 Å². The number of alkyl halides is 6. The summed E-state index contributed by atoms with van der Waals surface area (Å²) in [6.07, 6.45) is -9.79. The summed E-state index contributed by atoms with van der Waals surface area (Å²) in [6, 6.07) is 7.98. The second kappa shape index (κ2) is 12.1. The van der Waals surface area contributed by atoms with Crippen molar-refractivity contribution in [2.45, 2.75) is 57.6 Å². The molecule has 2 saturated carbocycles. The summed E-state index contributed by atoms with van der Waals surface area (Å²) in [7, 11) is 1.25. The van der Waals surface area contributed by atoms with E-state index in [1.807, 2.05) is 0 Å². The Labute approximate surface area is 286 Å². The average molecular weight is 723 g/mol. The van der Waals surface area contributed by atoms with E-state index in [0.29, 0.717) is 12.1 Å². The number of anilines is 1. The molecule has 7 nitrogen and oxygen atoms in total. The number of allylic oxidation sites excluding steroid dienone is 1. The maximum atomic E-state index is 15.1. The Morgan fingerprint density at radius 1 is 0.863 bits per heavy atom. The van der Waals surface area contributed by atoms with Crippen LogP contribution < -0.4 is 15.4 Å². The second-order valence-corrected chi connectivity index (χ2v) is 13.7. The molecular weight excluding hydrogens is 692 g/mol. The summed E-state index contributed by atoms with van der Waals surface area (Å²) in [6.45, 7) is 4.97. The third-order valence-corrected chi connectivity index (χ3v) is 9.44. The topological polar surface area (TPSA) is 93.7 Å². The van der Waals surface area contributed by atoms with Crippen LogP contribution in [-0.2, 0) is 15.7 Å². The molecule has 2 fully saturated rings. The van der Waals surface area contributed by atoms with Crippen molar-refractivity contribution in [2.24, 2.45) is 17.3 Å². The highest BCUT2D eigenvalue weighted by atomic mass is 19.4. The molecule has 4 atom stereocenters. The standard InChI is InChI=1S/C36H30F8N2O5/c1-33(2,3)51-32(49)17-5-8-23(37)20(14-17)16-6-10-25(50-4)21(13-16)30(47)46-28-19-11-12-34(26(19)29(34)36(42,43)44)27(28)31(48)45-18-7-9-24(38)22(15-18)35(39,40)41/h5-10,13-15,19,27-28H,11-12H2,1-4H3,(H,45,48)(H,46,47)/t19?,27-,28+,34?/m0/s1. The van der Waals surface area contributed by atoms with Gasteiger partial charge < -0.3 is 20.1 Å². The molecule has 2 bridgehead atoms. The SMILES string of the molecule is COc1ccc(-c2cc(C(=O)OC(C)(C)C)ccc2F)cc1C(=O)N[C@@H]1C2CCC3(C2=C3C(F)(F)F)[C@@H]1C(=O)Nc1ccc(F)c(C(F)(F)F)c1. The fourth-order valence-corrected chi connectivity index (χ4v) is 7.55. The van der Waals surface area contributed by atoms with Crippen molar-refractivity contribution in [3.8, 4) is 16.9 Å². The molecule has 0 aromatic heterocycles. The molecule has 0 heterocycles. The number of hydrogen-bond acceptors (Lipinski definition) is 5. The zero-order valence-electron chi connectivity index (χ0n) is 27.4. The lowest BCUT2D eigenvalue weighted by atomic mass is 9.73. The van der Waals surface area contributed by atoms with Gasteiger partial charge in [-0.05, 0) is 93.3 Å². The molecule has 15 heteroatoms. The van der Waals surface area contributed by atoms with Crippen LogP contribution in [0.1, 0.15) is 59.9 Å². The third kappa shape index (κ3) is 6.31. The molecule has 51 heavy (non-hydrogen) atoms. The van der Waals surface area contributed by atoms with E-state index in [0.717, 1.165) is 12.1 Å². The predicted molar refractivity (Wildman–Crippen MR) is 167 cm³/mol. The summed E-state index contributed by atoms with van der Waals surface area (Å²) in [5.41, 5.74) is -5.84. The minimum atomic E-state index is -5.12. The molecule has 3 aliphatic carbocycles. The number of amides is 2. The lowest BCUT2D eigenvalue weighted by Crippen LogP contribution is -2.52. The largest absolute Gasteiger partial charge is 0.496 e. The lowest BCUT2D eigenvalue weighted by Gasteiger charge is -2.36. The highest BCUT2D eigenvalue weighted by Gasteiger charge is 2.79. The van der Waals surface area contributed by atoms with Gasteiger partial charge in [0.05, 0.1) is 29.7 Å². The fraction of sp³-hybridized carbons (Fsp3) is 0.361. The number of hydrogen-bond donors (Lipinski definition) is 2. The second-order valence-electron chi connectivity index (χ2n) is 13.7. The van der Waals surface area contributed by atoms with Crippen LogP contribution in [0.15, 0.2) is 65.7 Å². The van der Waals surface area contributed by atoms with Crippen LogP contribution in [0.5, 0.6) is 5.75 Å². The van der Waals surface area contributed by atoms with E-state index in [2.05, 4.69) is 10.6 Å². The van der Waals surface area contributed by atoms with E-state index in [-0.39, 0.29) is 46.4 Å². The van der Waals surface area contributed by atoms with Gasteiger partial charge in [0.15, 0.2) is 0 Å². The van der Waals surface area contributed by atoms with Crippen LogP contribution >= 0.6 is 0 Å². The number of esters is 1. The van der Waals surface area contributed by atoms with Crippen molar-refractivity contribution in [3.63, 3.8) is 0 Å². The molecule has 3 aliphatic rings. The summed E-state index contributed by atoms with van der Waals surface area (Å²) in [5.74, 6) is -7.57. The smallest absolute Gasteiger partial charge is 0.419 e. The molecule has 0 radical (unpaired) electrons. The molecule has 2 N–H and O–H groups in total. The Kier molecular flexibility index (Phi) is 8.50. The van der Waals surface area contributed by atoms with Crippen molar-refractivity contribution in [1.82, 2.24) is 5.32 Å². The predicted octanol–water partition coefficient (Wildman–Crippen LogP) is 8.25. The maximum Gasteiger partial charge on any atom is 0.419 e. The van der Waals surface area contributed by atoms with Gasteiger partial charge in [-0.1, -0.05) is 6.07 Å². The van der Waals surface area contributed by atoms with Gasteiger partial charge in [-0.3, -0.25) is 9.59 Å². The van der Waals surface area contributed by atoms with Crippen molar-refractivity contribution >= 4 is 23.5 Å². The van der Waals surface area contributed by atoms with E-state index in [1.165, 1.54) is 37.4 Å². The van der Waals surface area contributed by atoms with Crippen LogP contribution in [0.2, 0.25) is 0 Å². The Morgan fingerprint density at radius 3 is 2.18 bits per heavy atom. The first-order valence-corrected chi connectivity index (χ1v) is 15.7. The number of methoxy groups -OCH3 is 1. The normalized spacial score (nSPS) is 22.4. The Bertz CT molecular complexity index is 2000. The number of nitrogens with one attached hydrogen (secondary N) is 2. The van der Waals surface area contributed by atoms with Crippen LogP contribution in [0, 0.1) is 28.9 Å². The van der Waals surface area contributed by atoms with Gasteiger partial charge in [-0.15, -0.1) is 0 Å². The van der Waals surface area contributed by atoms with Crippen LogP contribution in [-0.4, -0.2) is 42.7 Å². The van der Waals surface area contributed by atoms with Gasteiger partial charge in [0.2, 0.25) is 5.91 Å². The van der Waals surface area contributed by atoms with Crippen molar-refractivity contribution in [2.75, 3.05) is 12.4 Å². The number of ether oxygens (including phenoxy) is 2. The van der Waals surface area contributed by atoms with E-state index in [1.54, 1.807) is 20.8 Å². The molecule has 3 aromatic carbocycles. The first kappa shape index (κ1) is 35.9. The fourth-order valence-electron chi connectivity index (χ4n) is 7.55. The quantitative estimate of drug-likeness (QED) is 0.146. The number of carbonyl (C=O) groups excluding carboxylic acids is 3. The number of rotatable bonds is 7. The monoisotopic (exact) mass is 722 g/mol. The molecule has 270 valence electrons. The molecule has 0 spiro atoms. The lowest BCUT2D eigenvalue weighted by molar-refractivity contribution is -0.140. The van der Waals surface area contributed by atoms with E-state index in [9.17, 15) is 45.1 Å². The van der Waals surface area contributed by atoms with Crippen LogP contribution in [0.3, 0.4) is 0 Å². The molecular formula is C36H30F8N2O5. The Morgan fingerprint density at radius 2 is 1.55 bits per heavy atom. The third-order valence-electron chi connectivity index (χ3n) is 9.44. The van der Waals surface area contributed by atoms with Gasteiger partial charge >= 0.3 is 18.3 Å². The van der Waals surface area contributed by atoms with Crippen molar-refractivity contribution in [3.05, 3.63) is 94.1 Å². The summed E-state index contributed by atoms with van der Waals surface area (Å²) in [5, 5.41) is 4.86. The molecule has 0 saturated heterocycles. The van der Waals surface area contributed by atoms with Gasteiger partial charge in [-0.2, -0.15) is 26.3 Å². The molecule has 3 aromatic rings. The Hall–Kier alpha value is -4.95. The average Bonchev–Trinajstić information content (AvgIpc) is 3.44. The van der Waals surface area contributed by atoms with E-state index < -0.39 is 87.5 Å². The highest BCUT2D eigenvalue weighted by Crippen LogP contribution is 2.79. The summed E-state index contributed by atoms with van der Waals surface area (Å²) in [4.78, 5) is 40.3. The minimum absolute atomic E-state index is 0.00590. The van der Waals surface area contributed by atoms with Gasteiger partial charge in [-0.25, -0.2) is 13.6 Å². The molecule has 6 rings (SSSR count). The minimum Gasteiger partial charge on any atom is -0.496 e.